The number of nitrogens with one attached hydrogen (secondary N) is 1. The number of ether oxygens (including phenoxy) is 1. The van der Waals surface area contributed by atoms with Gasteiger partial charge in [-0.05, 0) is 32.5 Å². The van der Waals surface area contributed by atoms with Crippen LogP contribution in [-0.4, -0.2) is 17.8 Å². The maximum atomic E-state index is 5.22. The molecule has 0 aromatic rings. The average molecular weight is 175 g/mol. The maximum absolute atomic E-state index is 5.22. The fraction of sp³-hybridized carbons (Fsp3) is 0.875. The molecule has 0 rings (SSSR count). The summed E-state index contributed by atoms with van der Waals surface area (Å²) in [5, 5.41) is 3.55. The Balaban J connectivity index is 3.23. The third kappa shape index (κ3) is 7.59. The lowest BCUT2D eigenvalue weighted by atomic mass is 10.3. The molecule has 0 aromatic carbocycles. The van der Waals surface area contributed by atoms with Gasteiger partial charge in [0.1, 0.15) is 0 Å². The molecule has 0 aliphatic rings. The summed E-state index contributed by atoms with van der Waals surface area (Å²) >= 11 is 4.91. The minimum atomic E-state index is 0.177. The molecule has 0 amide bonds. The van der Waals surface area contributed by atoms with E-state index in [0.717, 1.165) is 13.0 Å². The number of thiocarbonyl (C=S) groups is 1. The Morgan fingerprint density at radius 1 is 1.55 bits per heavy atom. The summed E-state index contributed by atoms with van der Waals surface area (Å²) in [7, 11) is 0. The van der Waals surface area contributed by atoms with Crippen molar-refractivity contribution in [1.82, 2.24) is 5.32 Å². The Hall–Kier alpha value is -0.310. The van der Waals surface area contributed by atoms with Crippen molar-refractivity contribution < 1.29 is 4.74 Å². The van der Waals surface area contributed by atoms with E-state index in [2.05, 4.69) is 12.2 Å². The highest BCUT2D eigenvalue weighted by molar-refractivity contribution is 7.80. The van der Waals surface area contributed by atoms with E-state index < -0.39 is 0 Å². The van der Waals surface area contributed by atoms with Gasteiger partial charge in [0.15, 0.2) is 0 Å². The van der Waals surface area contributed by atoms with Crippen LogP contribution in [0.2, 0.25) is 0 Å². The van der Waals surface area contributed by atoms with E-state index in [1.54, 1.807) is 0 Å². The lowest BCUT2D eigenvalue weighted by molar-refractivity contribution is 0.224. The molecule has 0 atom stereocenters. The molecule has 0 saturated heterocycles. The molecule has 0 spiro atoms. The van der Waals surface area contributed by atoms with Gasteiger partial charge in [-0.25, -0.2) is 0 Å². The van der Waals surface area contributed by atoms with Gasteiger partial charge >= 0.3 is 0 Å². The van der Waals surface area contributed by atoms with E-state index in [9.17, 15) is 0 Å². The Bertz CT molecular complexity index is 115. The van der Waals surface area contributed by atoms with Crippen LogP contribution in [-0.2, 0) is 4.74 Å². The predicted octanol–water partition coefficient (Wildman–Crippen LogP) is 2.09. The zero-order valence-corrected chi connectivity index (χ0v) is 8.33. The van der Waals surface area contributed by atoms with Crippen molar-refractivity contribution in [3.8, 4) is 0 Å². The van der Waals surface area contributed by atoms with E-state index in [4.69, 9.17) is 17.0 Å². The largest absolute Gasteiger partial charge is 0.468 e. The first-order valence-corrected chi connectivity index (χ1v) is 4.52. The van der Waals surface area contributed by atoms with Crippen molar-refractivity contribution in [2.45, 2.75) is 39.7 Å². The van der Waals surface area contributed by atoms with Crippen molar-refractivity contribution in [3.63, 3.8) is 0 Å². The summed E-state index contributed by atoms with van der Waals surface area (Å²) in [5.41, 5.74) is 0. The van der Waals surface area contributed by atoms with Gasteiger partial charge in [0.25, 0.3) is 5.17 Å². The zero-order chi connectivity index (χ0) is 8.69. The van der Waals surface area contributed by atoms with Crippen LogP contribution in [0, 0.1) is 0 Å². The second kappa shape index (κ2) is 6.40. The summed E-state index contributed by atoms with van der Waals surface area (Å²) in [6, 6.07) is 0. The first kappa shape index (κ1) is 10.7. The molecular weight excluding hydrogens is 158 g/mol. The van der Waals surface area contributed by atoms with Gasteiger partial charge < -0.3 is 10.1 Å². The number of hydrogen-bond donors (Lipinski definition) is 1. The lowest BCUT2D eigenvalue weighted by Gasteiger charge is -2.11. The number of rotatable bonds is 4. The highest BCUT2D eigenvalue weighted by Gasteiger charge is 1.97. The molecule has 0 radical (unpaired) electrons. The molecule has 11 heavy (non-hydrogen) atoms. The zero-order valence-electron chi connectivity index (χ0n) is 7.52. The van der Waals surface area contributed by atoms with Crippen molar-refractivity contribution in [2.24, 2.45) is 0 Å². The average Bonchev–Trinajstić information content (AvgIpc) is 1.86. The van der Waals surface area contributed by atoms with Crippen LogP contribution >= 0.6 is 12.2 Å². The molecule has 0 fully saturated rings. The molecule has 0 unspecified atom stereocenters. The van der Waals surface area contributed by atoms with Crippen molar-refractivity contribution in [3.05, 3.63) is 0 Å². The molecule has 0 heterocycles. The summed E-state index contributed by atoms with van der Waals surface area (Å²) in [4.78, 5) is 0. The molecule has 3 heteroatoms. The van der Waals surface area contributed by atoms with Crippen LogP contribution in [0.4, 0.5) is 0 Å². The smallest absolute Gasteiger partial charge is 0.256 e. The molecule has 0 bridgehead atoms. The minimum Gasteiger partial charge on any atom is -0.468 e. The summed E-state index contributed by atoms with van der Waals surface area (Å²) < 4.78 is 5.22. The summed E-state index contributed by atoms with van der Waals surface area (Å²) in [6.07, 6.45) is 2.50. The third-order valence-corrected chi connectivity index (χ3v) is 1.38. The second-order valence-electron chi connectivity index (χ2n) is 2.73. The maximum Gasteiger partial charge on any atom is 0.256 e. The molecule has 2 nitrogen and oxygen atoms in total. The predicted molar refractivity (Wildman–Crippen MR) is 51.7 cm³/mol. The van der Waals surface area contributed by atoms with Gasteiger partial charge in [-0.15, -0.1) is 0 Å². The van der Waals surface area contributed by atoms with E-state index in [0.29, 0.717) is 5.17 Å². The van der Waals surface area contributed by atoms with Gasteiger partial charge in [0.2, 0.25) is 0 Å². The van der Waals surface area contributed by atoms with Crippen molar-refractivity contribution in [2.75, 3.05) is 6.54 Å². The Morgan fingerprint density at radius 2 is 2.18 bits per heavy atom. The van der Waals surface area contributed by atoms with Crippen LogP contribution in [0.25, 0.3) is 0 Å². The number of unbranched alkanes of at least 4 members (excludes halogenated alkanes) is 1. The Labute approximate surface area is 74.3 Å². The van der Waals surface area contributed by atoms with Crippen LogP contribution in [0.5, 0.6) is 0 Å². The fourth-order valence-corrected chi connectivity index (χ4v) is 0.917. The van der Waals surface area contributed by atoms with Crippen molar-refractivity contribution >= 4 is 17.4 Å². The fourth-order valence-electron chi connectivity index (χ4n) is 0.623. The first-order chi connectivity index (χ1) is 5.16. The molecule has 0 aliphatic carbocycles. The van der Waals surface area contributed by atoms with Crippen LogP contribution < -0.4 is 5.32 Å². The van der Waals surface area contributed by atoms with Gasteiger partial charge in [0, 0.05) is 6.54 Å². The standard InChI is InChI=1S/C8H17NOS/c1-4-5-6-9-8(11)10-7(2)3/h7H,4-6H2,1-3H3,(H,9,11). The monoisotopic (exact) mass is 175 g/mol. The SMILES string of the molecule is CCCCNC(=S)OC(C)C. The Kier molecular flexibility index (Phi) is 6.22. The summed E-state index contributed by atoms with van der Waals surface area (Å²) in [6.45, 7) is 7.00. The lowest BCUT2D eigenvalue weighted by Crippen LogP contribution is -2.27. The van der Waals surface area contributed by atoms with Crippen LogP contribution in [0.1, 0.15) is 33.6 Å². The second-order valence-corrected chi connectivity index (χ2v) is 3.11. The van der Waals surface area contributed by atoms with Crippen LogP contribution in [0.3, 0.4) is 0 Å². The topological polar surface area (TPSA) is 21.3 Å². The van der Waals surface area contributed by atoms with E-state index in [-0.39, 0.29) is 6.10 Å². The highest BCUT2D eigenvalue weighted by Crippen LogP contribution is 1.89. The Morgan fingerprint density at radius 3 is 2.64 bits per heavy atom. The quantitative estimate of drug-likeness (QED) is 0.522. The normalized spacial score (nSPS) is 9.82. The highest BCUT2D eigenvalue weighted by atomic mass is 32.1. The molecule has 0 aliphatic heterocycles. The third-order valence-electron chi connectivity index (χ3n) is 1.14. The molecule has 0 saturated carbocycles. The minimum absolute atomic E-state index is 0.177. The van der Waals surface area contributed by atoms with Crippen molar-refractivity contribution in [1.29, 1.82) is 0 Å². The van der Waals surface area contributed by atoms with E-state index >= 15 is 0 Å². The molecule has 66 valence electrons. The van der Waals surface area contributed by atoms with Gasteiger partial charge in [-0.3, -0.25) is 0 Å². The van der Waals surface area contributed by atoms with Gasteiger partial charge in [-0.2, -0.15) is 0 Å². The van der Waals surface area contributed by atoms with E-state index in [1.807, 2.05) is 13.8 Å². The molecule has 1 N–H and O–H groups in total. The van der Waals surface area contributed by atoms with E-state index in [1.165, 1.54) is 6.42 Å². The summed E-state index contributed by atoms with van der Waals surface area (Å²) in [5.74, 6) is 0. The molecular formula is C8H17NOS. The van der Waals surface area contributed by atoms with Crippen LogP contribution in [0.15, 0.2) is 0 Å². The number of hydrogen-bond acceptors (Lipinski definition) is 2. The molecule has 0 aromatic heterocycles. The van der Waals surface area contributed by atoms with Gasteiger partial charge in [0.05, 0.1) is 6.10 Å². The van der Waals surface area contributed by atoms with Gasteiger partial charge in [-0.1, -0.05) is 13.3 Å². The first-order valence-electron chi connectivity index (χ1n) is 4.11.